The Labute approximate surface area is 312 Å². The first-order valence-corrected chi connectivity index (χ1v) is 16.4. The molecule has 3 aromatic carbocycles. The largest absolute Gasteiger partial charge is 0.467 e. The number of carbonyl (C=O) groups is 4. The van der Waals surface area contributed by atoms with Gasteiger partial charge in [0.15, 0.2) is 24.1 Å². The lowest BCUT2D eigenvalue weighted by Gasteiger charge is -2.19. The molecule has 3 amide bonds. The minimum atomic E-state index is -4.67. The van der Waals surface area contributed by atoms with Crippen LogP contribution in [0.3, 0.4) is 0 Å². The molecule has 14 nitrogen and oxygen atoms in total. The van der Waals surface area contributed by atoms with Gasteiger partial charge in [-0.15, -0.1) is 0 Å². The molecule has 21 heteroatoms. The van der Waals surface area contributed by atoms with Gasteiger partial charge in [0.2, 0.25) is 11.9 Å². The average molecular weight is 795 g/mol. The summed E-state index contributed by atoms with van der Waals surface area (Å²) in [6.07, 6.45) is -3.58. The monoisotopic (exact) mass is 794 g/mol. The van der Waals surface area contributed by atoms with Gasteiger partial charge < -0.3 is 36.1 Å². The Morgan fingerprint density at radius 2 is 1.55 bits per heavy atom. The third-order valence-corrected chi connectivity index (χ3v) is 8.13. The lowest BCUT2D eigenvalue weighted by atomic mass is 10.1. The Hall–Kier alpha value is -6.18. The molecule has 0 saturated heterocycles. The first-order chi connectivity index (χ1) is 26.1. The summed E-state index contributed by atoms with van der Waals surface area (Å²) in [6.45, 7) is -2.02. The Bertz CT molecular complexity index is 2070. The second-order valence-electron chi connectivity index (χ2n) is 11.9. The van der Waals surface area contributed by atoms with E-state index in [1.165, 1.54) is 24.3 Å². The van der Waals surface area contributed by atoms with E-state index in [4.69, 9.17) is 21.1 Å². The van der Waals surface area contributed by atoms with Crippen molar-refractivity contribution in [3.05, 3.63) is 94.3 Å². The van der Waals surface area contributed by atoms with Crippen molar-refractivity contribution < 1.29 is 55.0 Å². The van der Waals surface area contributed by atoms with Gasteiger partial charge in [0.1, 0.15) is 6.04 Å². The first kappa shape index (κ1) is 40.0. The zero-order chi connectivity index (χ0) is 39.9. The summed E-state index contributed by atoms with van der Waals surface area (Å²) < 4.78 is 88.7. The number of hydrogen-bond donors (Lipinski definition) is 5. The van der Waals surface area contributed by atoms with Crippen LogP contribution in [0.4, 0.5) is 49.6 Å². The maximum Gasteiger partial charge on any atom is 0.422 e. The van der Waals surface area contributed by atoms with Gasteiger partial charge in [-0.3, -0.25) is 14.4 Å². The Morgan fingerprint density at radius 1 is 0.873 bits per heavy atom. The van der Waals surface area contributed by atoms with Crippen LogP contribution in [0, 0.1) is 17.5 Å². The fourth-order valence-electron chi connectivity index (χ4n) is 4.95. The van der Waals surface area contributed by atoms with Crippen LogP contribution in [-0.2, 0) is 24.7 Å². The van der Waals surface area contributed by atoms with Gasteiger partial charge in [-0.25, -0.2) is 18.0 Å². The van der Waals surface area contributed by atoms with Crippen LogP contribution in [0.15, 0.2) is 60.7 Å². The third kappa shape index (κ3) is 10.7. The number of aromatic nitrogens is 3. The summed E-state index contributed by atoms with van der Waals surface area (Å²) in [5.74, 6) is -9.71. The normalized spacial score (nSPS) is 13.5. The lowest BCUT2D eigenvalue weighted by Crippen LogP contribution is -2.44. The highest BCUT2D eigenvalue weighted by Gasteiger charge is 2.45. The van der Waals surface area contributed by atoms with Crippen molar-refractivity contribution in [2.75, 3.05) is 36.2 Å². The fraction of sp³-hybridized carbons (Fsp3) is 0.265. The molecule has 1 saturated carbocycles. The number of nitrogens with zero attached hydrogens (tertiary/aromatic N) is 3. The van der Waals surface area contributed by atoms with E-state index in [-0.39, 0.29) is 30.4 Å². The molecule has 1 aliphatic rings. The second kappa shape index (κ2) is 16.9. The van der Waals surface area contributed by atoms with E-state index in [9.17, 15) is 45.5 Å². The number of methoxy groups -OCH3 is 1. The van der Waals surface area contributed by atoms with Crippen LogP contribution >= 0.6 is 11.6 Å². The molecule has 0 unspecified atom stereocenters. The van der Waals surface area contributed by atoms with Crippen molar-refractivity contribution in [2.45, 2.75) is 37.0 Å². The fourth-order valence-corrected chi connectivity index (χ4v) is 5.08. The zero-order valence-electron chi connectivity index (χ0n) is 28.3. The number of hydrogen-bond acceptors (Lipinski definition) is 11. The number of ether oxygens (including phenoxy) is 2. The Morgan fingerprint density at radius 3 is 2.18 bits per heavy atom. The molecule has 1 aliphatic carbocycles. The van der Waals surface area contributed by atoms with E-state index in [0.717, 1.165) is 12.7 Å². The number of esters is 1. The van der Waals surface area contributed by atoms with E-state index in [1.807, 2.05) is 12.1 Å². The molecule has 5 rings (SSSR count). The van der Waals surface area contributed by atoms with Gasteiger partial charge in [-0.2, -0.15) is 28.1 Å². The summed E-state index contributed by atoms with van der Waals surface area (Å²) in [7, 11) is 1.05. The van der Waals surface area contributed by atoms with Crippen molar-refractivity contribution in [2.24, 2.45) is 0 Å². The molecule has 5 N–H and O–H groups in total. The number of benzene rings is 3. The van der Waals surface area contributed by atoms with E-state index in [1.54, 1.807) is 17.4 Å². The summed E-state index contributed by atoms with van der Waals surface area (Å²) in [6, 6.07) is 11.9. The van der Waals surface area contributed by atoms with Gasteiger partial charge >= 0.3 is 30.0 Å². The predicted octanol–water partition coefficient (Wildman–Crippen LogP) is 5.14. The molecule has 0 aliphatic heterocycles. The standard InChI is InChI=1S/C34H29ClF6N8O6/c1-54-29(53)23(12-15-42-27(51)28(52)44-22-11-10-21(36)24(37)25(22)38)45-26(50)17-2-8-20(9-3-17)43-30-46-31(48-32(47-30)55-16-34(39,40)41)49-33(13-14-33)18-4-6-19(35)7-5-18/h2-11,23H,12-16H2,1H3,(H,42,51)(H,44,52)(H,45,50)(H2,43,46,47,48,49)/t23-/m0/s1. The molecule has 1 fully saturated rings. The number of halogens is 7. The maximum absolute atomic E-state index is 13.8. The first-order valence-electron chi connectivity index (χ1n) is 16.0. The SMILES string of the molecule is COC(=O)[C@H](CCNC(=O)C(=O)Nc1ccc(F)c(F)c1F)NC(=O)c1ccc(Nc2nc(NC3(c4ccc(Cl)cc4)CC3)nc(OCC(F)(F)F)n2)cc1. The third-order valence-electron chi connectivity index (χ3n) is 7.88. The van der Waals surface area contributed by atoms with E-state index in [0.29, 0.717) is 35.7 Å². The molecular formula is C34H29ClF6N8O6. The summed E-state index contributed by atoms with van der Waals surface area (Å²) >= 11 is 6.01. The molecule has 0 spiro atoms. The quantitative estimate of drug-likeness (QED) is 0.0493. The zero-order valence-corrected chi connectivity index (χ0v) is 29.1. The van der Waals surface area contributed by atoms with Crippen molar-refractivity contribution in [3.8, 4) is 6.01 Å². The van der Waals surface area contributed by atoms with Crippen LogP contribution in [-0.4, -0.2) is 71.1 Å². The van der Waals surface area contributed by atoms with Gasteiger partial charge in [0.25, 0.3) is 5.91 Å². The average Bonchev–Trinajstić information content (AvgIpc) is 3.93. The Balaban J connectivity index is 1.21. The van der Waals surface area contributed by atoms with Gasteiger partial charge in [-0.05, 0) is 73.4 Å². The van der Waals surface area contributed by atoms with Gasteiger partial charge in [0.05, 0.1) is 18.3 Å². The van der Waals surface area contributed by atoms with Crippen LogP contribution in [0.2, 0.25) is 5.02 Å². The summed E-state index contributed by atoms with van der Waals surface area (Å²) in [5.41, 5.74) is -0.174. The number of amides is 3. The Kier molecular flexibility index (Phi) is 12.3. The highest BCUT2D eigenvalue weighted by molar-refractivity contribution is 6.39. The number of carbonyl (C=O) groups excluding carboxylic acids is 4. The van der Waals surface area contributed by atoms with E-state index in [2.05, 4.69) is 36.2 Å². The van der Waals surface area contributed by atoms with E-state index < -0.39 is 77.2 Å². The summed E-state index contributed by atoms with van der Waals surface area (Å²) in [5, 5.41) is 12.9. The molecule has 0 radical (unpaired) electrons. The van der Waals surface area contributed by atoms with Gasteiger partial charge in [0, 0.05) is 22.8 Å². The minimum Gasteiger partial charge on any atom is -0.467 e. The minimum absolute atomic E-state index is 0.0438. The lowest BCUT2D eigenvalue weighted by molar-refractivity contribution is -0.154. The topological polar surface area (TPSA) is 186 Å². The highest BCUT2D eigenvalue weighted by Crippen LogP contribution is 2.48. The summed E-state index contributed by atoms with van der Waals surface area (Å²) in [4.78, 5) is 61.9. The highest BCUT2D eigenvalue weighted by atomic mass is 35.5. The number of nitrogens with one attached hydrogen (secondary N) is 5. The molecule has 1 atom stereocenters. The maximum atomic E-state index is 13.8. The molecule has 4 aromatic rings. The smallest absolute Gasteiger partial charge is 0.422 e. The molecule has 0 bridgehead atoms. The number of rotatable bonds is 14. The van der Waals surface area contributed by atoms with Crippen molar-refractivity contribution >= 4 is 58.6 Å². The second-order valence-corrected chi connectivity index (χ2v) is 12.3. The molecule has 1 heterocycles. The van der Waals surface area contributed by atoms with Crippen molar-refractivity contribution in [1.82, 2.24) is 25.6 Å². The van der Waals surface area contributed by atoms with Crippen LogP contribution < -0.4 is 31.3 Å². The van der Waals surface area contributed by atoms with Crippen molar-refractivity contribution in [3.63, 3.8) is 0 Å². The molecule has 290 valence electrons. The van der Waals surface area contributed by atoms with Crippen LogP contribution in [0.1, 0.15) is 35.2 Å². The van der Waals surface area contributed by atoms with Crippen LogP contribution in [0.5, 0.6) is 6.01 Å². The number of alkyl halides is 3. The molecular weight excluding hydrogens is 766 g/mol. The van der Waals surface area contributed by atoms with Crippen molar-refractivity contribution in [1.29, 1.82) is 0 Å². The van der Waals surface area contributed by atoms with Crippen LogP contribution in [0.25, 0.3) is 0 Å². The number of anilines is 4. The van der Waals surface area contributed by atoms with E-state index >= 15 is 0 Å². The predicted molar refractivity (Wildman–Crippen MR) is 183 cm³/mol. The van der Waals surface area contributed by atoms with Gasteiger partial charge in [-0.1, -0.05) is 23.7 Å². The molecule has 1 aromatic heterocycles. The molecule has 55 heavy (non-hydrogen) atoms.